The molecule has 0 aliphatic heterocycles. The molecule has 0 saturated heterocycles. The van der Waals surface area contributed by atoms with Crippen LogP contribution in [0.5, 0.6) is 0 Å². The van der Waals surface area contributed by atoms with E-state index < -0.39 is 5.97 Å². The summed E-state index contributed by atoms with van der Waals surface area (Å²) in [6.07, 6.45) is 0. The number of halogens is 2. The van der Waals surface area contributed by atoms with Crippen LogP contribution in [-0.4, -0.2) is 29.1 Å². The van der Waals surface area contributed by atoms with Crippen LogP contribution in [0.3, 0.4) is 0 Å². The molecule has 124 valence electrons. The first-order chi connectivity index (χ1) is 10.8. The predicted octanol–water partition coefficient (Wildman–Crippen LogP) is 2.53. The molecule has 0 unspecified atom stereocenters. The fourth-order valence-electron chi connectivity index (χ4n) is 1.36. The molecule has 0 heterocycles. The largest absolute Gasteiger partial charge is 0.461 e. The molecular weight excluding hydrogens is 361 g/mol. The van der Waals surface area contributed by atoms with Crippen molar-refractivity contribution in [1.82, 2.24) is 5.43 Å². The first-order valence-corrected chi connectivity index (χ1v) is 7.57. The number of ether oxygens (including phenoxy) is 1. The maximum Gasteiger partial charge on any atom is 0.360 e. The fraction of sp³-hybridized carbons (Fsp3) is 0.231. The maximum absolute atomic E-state index is 12.0. The van der Waals surface area contributed by atoms with E-state index in [1.165, 1.54) is 0 Å². The van der Waals surface area contributed by atoms with E-state index in [0.29, 0.717) is 15.7 Å². The first-order valence-electron chi connectivity index (χ1n) is 6.41. The van der Waals surface area contributed by atoms with Gasteiger partial charge in [-0.1, -0.05) is 23.2 Å². The molecule has 0 spiro atoms. The Balaban J connectivity index is 3.05. The first kappa shape index (κ1) is 19.1. The number of nitrogens with one attached hydrogen (secondary N) is 2. The summed E-state index contributed by atoms with van der Waals surface area (Å²) in [6.45, 7) is 3.42. The van der Waals surface area contributed by atoms with E-state index in [2.05, 4.69) is 33.3 Å². The second-order valence-corrected chi connectivity index (χ2v) is 5.37. The lowest BCUT2D eigenvalue weighted by molar-refractivity contribution is -0.134. The van der Waals surface area contributed by atoms with Gasteiger partial charge in [0, 0.05) is 5.02 Å². The van der Waals surface area contributed by atoms with Crippen LogP contribution in [0.25, 0.3) is 0 Å². The van der Waals surface area contributed by atoms with Gasteiger partial charge in [-0.05, 0) is 44.3 Å². The number of hydrogen-bond donors (Lipinski definition) is 3. The van der Waals surface area contributed by atoms with Crippen LogP contribution in [0.4, 0.5) is 5.69 Å². The normalized spacial score (nSPS) is 11.8. The summed E-state index contributed by atoms with van der Waals surface area (Å²) in [6, 6.07) is 4.79. The Hall–Kier alpha value is -1.90. The molecule has 0 aliphatic rings. The smallest absolute Gasteiger partial charge is 0.360 e. The number of nitrogens with two attached hydrogens (primary N) is 1. The number of rotatable bonds is 6. The van der Waals surface area contributed by atoms with Crippen LogP contribution in [0.1, 0.15) is 13.8 Å². The third-order valence-electron chi connectivity index (χ3n) is 2.36. The topological polar surface area (TPSA) is 101 Å². The Morgan fingerprint density at radius 1 is 1.39 bits per heavy atom. The van der Waals surface area contributed by atoms with Crippen molar-refractivity contribution in [2.75, 3.05) is 12.0 Å². The molecular formula is C13H15Cl2N5O2S. The second-order valence-electron chi connectivity index (χ2n) is 4.09. The van der Waals surface area contributed by atoms with E-state index in [0.717, 1.165) is 0 Å². The lowest BCUT2D eigenvalue weighted by atomic mass is 10.2. The monoisotopic (exact) mass is 375 g/mol. The van der Waals surface area contributed by atoms with Crippen LogP contribution in [-0.2, 0) is 9.53 Å². The molecule has 0 radical (unpaired) electrons. The summed E-state index contributed by atoms with van der Waals surface area (Å²) >= 11 is 16.5. The van der Waals surface area contributed by atoms with Crippen molar-refractivity contribution in [1.29, 1.82) is 0 Å². The van der Waals surface area contributed by atoms with Crippen LogP contribution >= 0.6 is 35.4 Å². The molecule has 0 atom stereocenters. The molecule has 1 rings (SSSR count). The third-order valence-corrected chi connectivity index (χ3v) is 3.00. The molecule has 1 aromatic carbocycles. The highest BCUT2D eigenvalue weighted by molar-refractivity contribution is 7.80. The highest BCUT2D eigenvalue weighted by Crippen LogP contribution is 2.25. The minimum atomic E-state index is -0.656. The summed E-state index contributed by atoms with van der Waals surface area (Å²) in [7, 11) is 0. The molecule has 4 N–H and O–H groups in total. The van der Waals surface area contributed by atoms with E-state index in [-0.39, 0.29) is 23.1 Å². The van der Waals surface area contributed by atoms with Crippen molar-refractivity contribution in [2.45, 2.75) is 13.8 Å². The van der Waals surface area contributed by atoms with Crippen LogP contribution < -0.4 is 16.6 Å². The number of hydrogen-bond acceptors (Lipinski definition) is 6. The van der Waals surface area contributed by atoms with Gasteiger partial charge in [-0.25, -0.2) is 4.79 Å². The Labute approximate surface area is 148 Å². The molecule has 0 aromatic heterocycles. The van der Waals surface area contributed by atoms with Crippen molar-refractivity contribution >= 4 is 63.6 Å². The molecule has 0 saturated carbocycles. The lowest BCUT2D eigenvalue weighted by Crippen LogP contribution is -2.30. The Bertz CT molecular complexity index is 664. The highest BCUT2D eigenvalue weighted by atomic mass is 35.5. The van der Waals surface area contributed by atoms with E-state index in [1.54, 1.807) is 32.0 Å². The standard InChI is InChI=1S/C13H15Cl2N5O2S/c1-3-22-12(21)11(7(2)17-20-13(16)23)19-18-10-5-4-8(14)6-9(10)15/h4-6,18H,3H2,1-2H3,(H3,16,20,23)/b17-7-,19-11-. The van der Waals surface area contributed by atoms with Gasteiger partial charge in [0.05, 0.1) is 23.0 Å². The van der Waals surface area contributed by atoms with Gasteiger partial charge in [-0.2, -0.15) is 10.2 Å². The molecule has 0 aliphatic carbocycles. The van der Waals surface area contributed by atoms with Crippen molar-refractivity contribution in [3.63, 3.8) is 0 Å². The number of anilines is 1. The van der Waals surface area contributed by atoms with E-state index in [1.807, 2.05) is 0 Å². The van der Waals surface area contributed by atoms with Gasteiger partial charge in [0.1, 0.15) is 0 Å². The summed E-state index contributed by atoms with van der Waals surface area (Å²) in [4.78, 5) is 12.0. The molecule has 1 aromatic rings. The summed E-state index contributed by atoms with van der Waals surface area (Å²) in [5.74, 6) is -0.656. The second kappa shape index (κ2) is 9.29. The fourth-order valence-corrected chi connectivity index (χ4v) is 1.86. The maximum atomic E-state index is 12.0. The number of esters is 1. The Morgan fingerprint density at radius 2 is 2.09 bits per heavy atom. The average Bonchev–Trinajstić information content (AvgIpc) is 2.47. The van der Waals surface area contributed by atoms with E-state index in [4.69, 9.17) is 33.7 Å². The molecule has 0 amide bonds. The van der Waals surface area contributed by atoms with Gasteiger partial charge in [-0.15, -0.1) is 0 Å². The summed E-state index contributed by atoms with van der Waals surface area (Å²) in [5, 5.41) is 8.63. The minimum absolute atomic E-state index is 0.0405. The number of hydrazone groups is 2. The van der Waals surface area contributed by atoms with Crippen LogP contribution in [0.2, 0.25) is 10.0 Å². The van der Waals surface area contributed by atoms with Crippen molar-refractivity contribution in [3.8, 4) is 0 Å². The molecule has 10 heteroatoms. The van der Waals surface area contributed by atoms with Crippen LogP contribution in [0, 0.1) is 0 Å². The number of carbonyl (C=O) groups excluding carboxylic acids is 1. The summed E-state index contributed by atoms with van der Waals surface area (Å²) in [5.41, 5.74) is 11.0. The van der Waals surface area contributed by atoms with Crippen molar-refractivity contribution in [2.24, 2.45) is 15.9 Å². The third kappa shape index (κ3) is 6.39. The number of benzene rings is 1. The van der Waals surface area contributed by atoms with Gasteiger partial charge >= 0.3 is 5.97 Å². The Kier molecular flexibility index (Phi) is 7.73. The van der Waals surface area contributed by atoms with Gasteiger partial charge < -0.3 is 10.5 Å². The van der Waals surface area contributed by atoms with Crippen molar-refractivity contribution < 1.29 is 9.53 Å². The SMILES string of the molecule is CCOC(=O)C(=N\Nc1ccc(Cl)cc1Cl)/C(C)=N\NC(N)=S. The lowest BCUT2D eigenvalue weighted by Gasteiger charge is -2.08. The zero-order chi connectivity index (χ0) is 17.4. The van der Waals surface area contributed by atoms with Gasteiger partial charge in [0.15, 0.2) is 10.8 Å². The zero-order valence-electron chi connectivity index (χ0n) is 12.4. The van der Waals surface area contributed by atoms with E-state index in [9.17, 15) is 4.79 Å². The number of nitrogens with zero attached hydrogens (tertiary/aromatic N) is 2. The van der Waals surface area contributed by atoms with Gasteiger partial charge in [0.25, 0.3) is 0 Å². The quantitative estimate of drug-likeness (QED) is 0.305. The predicted molar refractivity (Wildman–Crippen MR) is 97.2 cm³/mol. The molecule has 0 bridgehead atoms. The van der Waals surface area contributed by atoms with Crippen molar-refractivity contribution in [3.05, 3.63) is 28.2 Å². The van der Waals surface area contributed by atoms with Gasteiger partial charge in [-0.3, -0.25) is 10.9 Å². The van der Waals surface area contributed by atoms with E-state index >= 15 is 0 Å². The molecule has 23 heavy (non-hydrogen) atoms. The zero-order valence-corrected chi connectivity index (χ0v) is 14.7. The Morgan fingerprint density at radius 3 is 2.65 bits per heavy atom. The minimum Gasteiger partial charge on any atom is -0.461 e. The average molecular weight is 376 g/mol. The summed E-state index contributed by atoms with van der Waals surface area (Å²) < 4.78 is 4.93. The molecule has 7 nitrogen and oxygen atoms in total. The molecule has 0 fully saturated rings. The highest BCUT2D eigenvalue weighted by Gasteiger charge is 2.17. The van der Waals surface area contributed by atoms with Crippen LogP contribution in [0.15, 0.2) is 28.4 Å². The van der Waals surface area contributed by atoms with Gasteiger partial charge in [0.2, 0.25) is 0 Å². The number of carbonyl (C=O) groups is 1. The number of thiocarbonyl (C=S) groups is 1.